The highest BCUT2D eigenvalue weighted by Gasteiger charge is 2.23. The van der Waals surface area contributed by atoms with E-state index < -0.39 is 11.9 Å². The van der Waals surface area contributed by atoms with Crippen molar-refractivity contribution in [2.45, 2.75) is 25.7 Å². The lowest BCUT2D eigenvalue weighted by molar-refractivity contribution is -0.139. The summed E-state index contributed by atoms with van der Waals surface area (Å²) in [4.78, 5) is 19.2. The van der Waals surface area contributed by atoms with Crippen molar-refractivity contribution in [3.63, 3.8) is 0 Å². The number of carbonyl (C=O) groups is 1. The van der Waals surface area contributed by atoms with Crippen LogP contribution >= 0.6 is 0 Å². The second-order valence-electron chi connectivity index (χ2n) is 3.49. The minimum Gasteiger partial charge on any atom is -0.481 e. The van der Waals surface area contributed by atoms with Crippen molar-refractivity contribution in [3.8, 4) is 11.8 Å². The Labute approximate surface area is 99.6 Å². The Hall–Kier alpha value is -1.85. The van der Waals surface area contributed by atoms with Crippen LogP contribution in [0.4, 0.5) is 0 Å². The molecular weight excluding hydrogens is 224 g/mol. The van der Waals surface area contributed by atoms with E-state index in [-0.39, 0.29) is 5.82 Å². The van der Waals surface area contributed by atoms with Gasteiger partial charge in [-0.15, -0.1) is 0 Å². The summed E-state index contributed by atoms with van der Waals surface area (Å²) in [5, 5.41) is 9.12. The molecule has 0 aromatic carbocycles. The van der Waals surface area contributed by atoms with Crippen LogP contribution in [0.3, 0.4) is 0 Å². The monoisotopic (exact) mass is 240 g/mol. The van der Waals surface area contributed by atoms with Gasteiger partial charge in [-0.25, -0.2) is 0 Å². The Morgan fingerprint density at radius 1 is 1.35 bits per heavy atom. The van der Waals surface area contributed by atoms with Gasteiger partial charge in [-0.3, -0.25) is 4.79 Å². The number of ether oxygens (including phenoxy) is 2. The fraction of sp³-hybridized carbons (Fsp3) is 0.545. The van der Waals surface area contributed by atoms with Gasteiger partial charge < -0.3 is 14.6 Å². The second kappa shape index (κ2) is 6.03. The molecule has 0 spiro atoms. The maximum atomic E-state index is 11.1. The molecule has 1 N–H and O–H groups in total. The van der Waals surface area contributed by atoms with Gasteiger partial charge in [0.1, 0.15) is 5.92 Å². The van der Waals surface area contributed by atoms with Crippen LogP contribution in [-0.4, -0.2) is 35.3 Å². The van der Waals surface area contributed by atoms with Crippen LogP contribution in [-0.2, 0) is 4.79 Å². The average Bonchev–Trinajstić information content (AvgIpc) is 2.34. The molecule has 0 saturated heterocycles. The molecule has 0 radical (unpaired) electrons. The molecule has 1 heterocycles. The minimum atomic E-state index is -0.942. The maximum absolute atomic E-state index is 11.1. The molecule has 1 rings (SSSR count). The number of hydrogen-bond donors (Lipinski definition) is 1. The molecule has 0 aliphatic heterocycles. The van der Waals surface area contributed by atoms with Gasteiger partial charge in [0.05, 0.1) is 20.3 Å². The number of hydrogen-bond acceptors (Lipinski definition) is 5. The third kappa shape index (κ3) is 3.30. The van der Waals surface area contributed by atoms with E-state index in [9.17, 15) is 4.79 Å². The zero-order chi connectivity index (χ0) is 12.8. The lowest BCUT2D eigenvalue weighted by atomic mass is 10.0. The van der Waals surface area contributed by atoms with Crippen molar-refractivity contribution in [1.29, 1.82) is 0 Å². The van der Waals surface area contributed by atoms with E-state index in [2.05, 4.69) is 9.97 Å². The van der Waals surface area contributed by atoms with Gasteiger partial charge in [0.25, 0.3) is 0 Å². The molecule has 6 heteroatoms. The number of rotatable bonds is 6. The zero-order valence-electron chi connectivity index (χ0n) is 10.1. The summed E-state index contributed by atoms with van der Waals surface area (Å²) >= 11 is 0. The molecule has 0 bridgehead atoms. The van der Waals surface area contributed by atoms with Gasteiger partial charge in [-0.2, -0.15) is 9.97 Å². The van der Waals surface area contributed by atoms with Crippen LogP contribution in [0.2, 0.25) is 0 Å². The molecule has 0 fully saturated rings. The van der Waals surface area contributed by atoms with Gasteiger partial charge in [0.2, 0.25) is 11.8 Å². The number of carboxylic acid groups (broad SMARTS) is 1. The lowest BCUT2D eigenvalue weighted by Gasteiger charge is -2.11. The Morgan fingerprint density at radius 2 is 1.88 bits per heavy atom. The average molecular weight is 240 g/mol. The number of methoxy groups -OCH3 is 2. The van der Waals surface area contributed by atoms with Crippen LogP contribution < -0.4 is 9.47 Å². The Bertz CT molecular complexity index is 373. The third-order valence-electron chi connectivity index (χ3n) is 2.30. The Kier molecular flexibility index (Phi) is 4.68. The van der Waals surface area contributed by atoms with Gasteiger partial charge in [-0.05, 0) is 6.42 Å². The molecule has 0 aliphatic rings. The number of aromatic nitrogens is 2. The van der Waals surface area contributed by atoms with E-state index in [0.717, 1.165) is 6.42 Å². The third-order valence-corrected chi connectivity index (χ3v) is 2.30. The second-order valence-corrected chi connectivity index (χ2v) is 3.49. The molecular formula is C11H16N2O4. The number of aliphatic carboxylic acids is 1. The summed E-state index contributed by atoms with van der Waals surface area (Å²) < 4.78 is 9.96. The smallest absolute Gasteiger partial charge is 0.314 e. The van der Waals surface area contributed by atoms with Crippen LogP contribution in [0, 0.1) is 0 Å². The van der Waals surface area contributed by atoms with Gasteiger partial charge in [-0.1, -0.05) is 13.3 Å². The largest absolute Gasteiger partial charge is 0.481 e. The maximum Gasteiger partial charge on any atom is 0.314 e. The SMILES string of the molecule is CCCC(C(=O)O)c1nc(OC)cc(OC)n1. The van der Waals surface area contributed by atoms with E-state index in [1.165, 1.54) is 20.3 Å². The van der Waals surface area contributed by atoms with E-state index in [4.69, 9.17) is 14.6 Å². The Balaban J connectivity index is 3.12. The molecule has 94 valence electrons. The molecule has 1 aromatic heterocycles. The van der Waals surface area contributed by atoms with Crippen molar-refractivity contribution >= 4 is 5.97 Å². The molecule has 1 aromatic rings. The first-order valence-corrected chi connectivity index (χ1v) is 5.32. The van der Waals surface area contributed by atoms with Crippen LogP contribution in [0.1, 0.15) is 31.5 Å². The normalized spacial score (nSPS) is 11.9. The van der Waals surface area contributed by atoms with E-state index in [1.54, 1.807) is 0 Å². The van der Waals surface area contributed by atoms with Crippen molar-refractivity contribution in [1.82, 2.24) is 9.97 Å². The minimum absolute atomic E-state index is 0.218. The van der Waals surface area contributed by atoms with Gasteiger partial charge >= 0.3 is 5.97 Å². The molecule has 1 atom stereocenters. The highest BCUT2D eigenvalue weighted by Crippen LogP contribution is 2.23. The fourth-order valence-corrected chi connectivity index (χ4v) is 1.44. The Morgan fingerprint density at radius 3 is 2.24 bits per heavy atom. The molecule has 17 heavy (non-hydrogen) atoms. The summed E-state index contributed by atoms with van der Waals surface area (Å²) in [6.45, 7) is 1.91. The first kappa shape index (κ1) is 13.2. The first-order chi connectivity index (χ1) is 8.12. The highest BCUT2D eigenvalue weighted by atomic mass is 16.5. The van der Waals surface area contributed by atoms with Crippen LogP contribution in [0.25, 0.3) is 0 Å². The van der Waals surface area contributed by atoms with Crippen molar-refractivity contribution in [2.24, 2.45) is 0 Å². The number of carboxylic acids is 1. The molecule has 0 saturated carbocycles. The predicted octanol–water partition coefficient (Wildman–Crippen LogP) is 1.46. The van der Waals surface area contributed by atoms with E-state index in [1.807, 2.05) is 6.92 Å². The van der Waals surface area contributed by atoms with Crippen molar-refractivity contribution in [2.75, 3.05) is 14.2 Å². The summed E-state index contributed by atoms with van der Waals surface area (Å²) in [7, 11) is 2.92. The predicted molar refractivity (Wildman–Crippen MR) is 60.4 cm³/mol. The van der Waals surface area contributed by atoms with E-state index in [0.29, 0.717) is 18.2 Å². The topological polar surface area (TPSA) is 81.5 Å². The van der Waals surface area contributed by atoms with Gasteiger partial charge in [0.15, 0.2) is 5.82 Å². The molecule has 1 unspecified atom stereocenters. The highest BCUT2D eigenvalue weighted by molar-refractivity contribution is 5.74. The standard InChI is InChI=1S/C11H16N2O4/c1-4-5-7(11(14)15)10-12-8(16-2)6-9(13-10)17-3/h6-7H,4-5H2,1-3H3,(H,14,15). The quantitative estimate of drug-likeness (QED) is 0.810. The van der Waals surface area contributed by atoms with Crippen LogP contribution in [0.5, 0.6) is 11.8 Å². The molecule has 6 nitrogen and oxygen atoms in total. The van der Waals surface area contributed by atoms with Crippen LogP contribution in [0.15, 0.2) is 6.07 Å². The van der Waals surface area contributed by atoms with Crippen molar-refractivity contribution < 1.29 is 19.4 Å². The zero-order valence-corrected chi connectivity index (χ0v) is 10.1. The van der Waals surface area contributed by atoms with Gasteiger partial charge in [0, 0.05) is 0 Å². The molecule has 0 amide bonds. The number of nitrogens with zero attached hydrogens (tertiary/aromatic N) is 2. The fourth-order valence-electron chi connectivity index (χ4n) is 1.44. The summed E-state index contributed by atoms with van der Waals surface area (Å²) in [6, 6.07) is 1.51. The summed E-state index contributed by atoms with van der Waals surface area (Å²) in [5.41, 5.74) is 0. The lowest BCUT2D eigenvalue weighted by Crippen LogP contribution is -2.15. The summed E-state index contributed by atoms with van der Waals surface area (Å²) in [6.07, 6.45) is 1.21. The molecule has 0 aliphatic carbocycles. The van der Waals surface area contributed by atoms with E-state index >= 15 is 0 Å². The summed E-state index contributed by atoms with van der Waals surface area (Å²) in [5.74, 6) is -0.856. The first-order valence-electron chi connectivity index (χ1n) is 5.32. The van der Waals surface area contributed by atoms with Crippen molar-refractivity contribution in [3.05, 3.63) is 11.9 Å².